The van der Waals surface area contributed by atoms with Gasteiger partial charge in [0.2, 0.25) is 0 Å². The molecule has 0 saturated heterocycles. The van der Waals surface area contributed by atoms with Crippen LogP contribution in [-0.4, -0.2) is 26.8 Å². The molecular formula is C35H41ClN2O3. The third kappa shape index (κ3) is 10.5. The predicted octanol–water partition coefficient (Wildman–Crippen LogP) is 9.40. The number of nitrogens with one attached hydrogen (secondary N) is 1. The van der Waals surface area contributed by atoms with Crippen molar-refractivity contribution in [2.45, 2.75) is 59.3 Å². The topological polar surface area (TPSA) is 83.0 Å². The first-order valence-electron chi connectivity index (χ1n) is 13.9. The van der Waals surface area contributed by atoms with Crippen LogP contribution < -0.4 is 0 Å². The number of allylic oxidation sites excluding steroid dienone is 12. The third-order valence-electron chi connectivity index (χ3n) is 6.62. The van der Waals surface area contributed by atoms with Gasteiger partial charge in [-0.1, -0.05) is 101 Å². The van der Waals surface area contributed by atoms with Gasteiger partial charge in [0.1, 0.15) is 5.82 Å². The van der Waals surface area contributed by atoms with E-state index in [9.17, 15) is 14.7 Å². The predicted molar refractivity (Wildman–Crippen MR) is 173 cm³/mol. The molecule has 0 bridgehead atoms. The van der Waals surface area contributed by atoms with Gasteiger partial charge in [-0.3, -0.25) is 4.79 Å². The Morgan fingerprint density at radius 2 is 1.90 bits per heavy atom. The molecule has 0 aliphatic carbocycles. The highest BCUT2D eigenvalue weighted by atomic mass is 35.5. The lowest BCUT2D eigenvalue weighted by Crippen LogP contribution is -2.09. The van der Waals surface area contributed by atoms with Crippen molar-refractivity contribution in [2.75, 3.05) is 0 Å². The Labute approximate surface area is 249 Å². The van der Waals surface area contributed by atoms with Crippen molar-refractivity contribution < 1.29 is 14.7 Å². The highest BCUT2D eigenvalue weighted by molar-refractivity contribution is 6.25. The molecule has 0 radical (unpaired) electrons. The summed E-state index contributed by atoms with van der Waals surface area (Å²) in [4.78, 5) is 32.8. The Balaban J connectivity index is 2.35. The van der Waals surface area contributed by atoms with E-state index in [-0.39, 0.29) is 11.7 Å². The summed E-state index contributed by atoms with van der Waals surface area (Å²) in [7, 11) is 0. The number of carboxylic acids is 1. The molecular weight excluding hydrogens is 532 g/mol. The number of carboxylic acid groups (broad SMARTS) is 1. The van der Waals surface area contributed by atoms with Crippen LogP contribution in [0.5, 0.6) is 0 Å². The van der Waals surface area contributed by atoms with Gasteiger partial charge in [0.15, 0.2) is 5.78 Å². The molecule has 0 unspecified atom stereocenters. The molecule has 2 aromatic rings. The summed E-state index contributed by atoms with van der Waals surface area (Å²) < 4.78 is 0. The Morgan fingerprint density at radius 3 is 2.54 bits per heavy atom. The average Bonchev–Trinajstić information content (AvgIpc) is 3.36. The smallest absolute Gasteiger partial charge is 0.328 e. The second-order valence-electron chi connectivity index (χ2n) is 10.2. The first-order chi connectivity index (χ1) is 19.6. The molecule has 2 rings (SSSR count). The van der Waals surface area contributed by atoms with E-state index in [1.165, 1.54) is 11.1 Å². The highest BCUT2D eigenvalue weighted by Gasteiger charge is 2.17. The molecule has 0 amide bonds. The monoisotopic (exact) mass is 572 g/mol. The van der Waals surface area contributed by atoms with Crippen molar-refractivity contribution in [3.8, 4) is 0 Å². The summed E-state index contributed by atoms with van der Waals surface area (Å²) in [6.45, 7) is 16.4. The number of hydrogen-bond donors (Lipinski definition) is 2. The largest absolute Gasteiger partial charge is 0.478 e. The number of nitrogens with zero attached hydrogens (tertiary/aromatic N) is 1. The van der Waals surface area contributed by atoms with E-state index < -0.39 is 5.97 Å². The summed E-state index contributed by atoms with van der Waals surface area (Å²) in [5.74, 6) is -0.123. The Kier molecular flexibility index (Phi) is 13.8. The van der Waals surface area contributed by atoms with E-state index in [2.05, 4.69) is 51.1 Å². The molecule has 1 atom stereocenters. The summed E-state index contributed by atoms with van der Waals surface area (Å²) in [5.41, 5.74) is 5.74. The number of H-pyrrole nitrogens is 1. The van der Waals surface area contributed by atoms with Crippen LogP contribution in [0.3, 0.4) is 0 Å². The number of ketones is 1. The van der Waals surface area contributed by atoms with Crippen LogP contribution in [0.2, 0.25) is 0 Å². The minimum atomic E-state index is -1.14. The average molecular weight is 573 g/mol. The van der Waals surface area contributed by atoms with Crippen LogP contribution in [0.15, 0.2) is 108 Å². The minimum Gasteiger partial charge on any atom is -0.478 e. The van der Waals surface area contributed by atoms with Crippen molar-refractivity contribution in [3.63, 3.8) is 0 Å². The van der Waals surface area contributed by atoms with Gasteiger partial charge in [0, 0.05) is 29.2 Å². The molecule has 1 aromatic heterocycles. The van der Waals surface area contributed by atoms with Crippen molar-refractivity contribution in [1.29, 1.82) is 0 Å². The molecule has 0 spiro atoms. The van der Waals surface area contributed by atoms with Gasteiger partial charge in [-0.2, -0.15) is 0 Å². The van der Waals surface area contributed by atoms with E-state index in [1.54, 1.807) is 24.3 Å². The number of imidazole rings is 1. The number of halogens is 1. The van der Waals surface area contributed by atoms with E-state index in [0.29, 0.717) is 40.5 Å². The standard InChI is InChI=1S/C35H41ClN2O3/c1-7-9-10-11-14-27(13-8-2)21-33(39)25(5)16-17-29(23-34(40)41)26(6)30(15-12-20-36)35-37-31-19-18-28(24(3)4)22-32(31)38-35/h7,9-12,15-20,22-24,27H,5-6,8,13-14,21H2,1-4H3,(H,37,38)(H,40,41)/b9-7-,11-10-,17-16-,20-12+,29-23-,30-15+/t27-/m1/s1. The van der Waals surface area contributed by atoms with Gasteiger partial charge in [-0.15, -0.1) is 0 Å². The SMILES string of the molecule is C=C(/C=C\C(=C\C(=O)O)C(=C)/C(=C\C=C\Cl)c1nc2ccc(C(C)C)cc2[nH]1)C(=O)C[C@@H](C/C=C\C=C/C)CCC. The van der Waals surface area contributed by atoms with Crippen molar-refractivity contribution in [1.82, 2.24) is 9.97 Å². The number of carbonyl (C=O) groups excluding carboxylic acids is 1. The number of Topliss-reactive ketones (excluding diaryl/α,β-unsaturated/α-hetero) is 1. The van der Waals surface area contributed by atoms with E-state index in [1.807, 2.05) is 37.3 Å². The zero-order valence-corrected chi connectivity index (χ0v) is 25.2. The van der Waals surface area contributed by atoms with Gasteiger partial charge in [0.05, 0.1) is 11.0 Å². The van der Waals surface area contributed by atoms with Crippen LogP contribution in [-0.2, 0) is 9.59 Å². The summed E-state index contributed by atoms with van der Waals surface area (Å²) in [6, 6.07) is 6.05. The Bertz CT molecular complexity index is 1430. The lowest BCUT2D eigenvalue weighted by Gasteiger charge is -2.13. The summed E-state index contributed by atoms with van der Waals surface area (Å²) in [6.07, 6.45) is 18.6. The van der Waals surface area contributed by atoms with E-state index in [0.717, 1.165) is 36.4 Å². The molecule has 2 N–H and O–H groups in total. The Morgan fingerprint density at radius 1 is 1.15 bits per heavy atom. The molecule has 5 nitrogen and oxygen atoms in total. The molecule has 1 aromatic carbocycles. The molecule has 0 aliphatic rings. The fourth-order valence-corrected chi connectivity index (χ4v) is 4.41. The maximum Gasteiger partial charge on any atom is 0.328 e. The van der Waals surface area contributed by atoms with Crippen LogP contribution in [0, 0.1) is 5.92 Å². The summed E-state index contributed by atoms with van der Waals surface area (Å²) >= 11 is 5.82. The van der Waals surface area contributed by atoms with Gasteiger partial charge >= 0.3 is 5.97 Å². The first kappa shape index (κ1) is 33.2. The van der Waals surface area contributed by atoms with Crippen molar-refractivity contribution in [2.24, 2.45) is 5.92 Å². The van der Waals surface area contributed by atoms with E-state index >= 15 is 0 Å². The zero-order chi connectivity index (χ0) is 30.4. The van der Waals surface area contributed by atoms with E-state index in [4.69, 9.17) is 16.6 Å². The van der Waals surface area contributed by atoms with Crippen molar-refractivity contribution >= 4 is 40.0 Å². The summed E-state index contributed by atoms with van der Waals surface area (Å²) in [5, 5.41) is 9.60. The fourth-order valence-electron chi connectivity index (χ4n) is 4.34. The quantitative estimate of drug-likeness (QED) is 0.155. The van der Waals surface area contributed by atoms with Gasteiger partial charge in [0.25, 0.3) is 0 Å². The molecule has 1 heterocycles. The van der Waals surface area contributed by atoms with Crippen LogP contribution >= 0.6 is 11.6 Å². The Hall–Kier alpha value is -3.96. The second kappa shape index (κ2) is 17.0. The molecule has 6 heteroatoms. The number of benzene rings is 1. The third-order valence-corrected chi connectivity index (χ3v) is 6.76. The van der Waals surface area contributed by atoms with Gasteiger partial charge < -0.3 is 10.1 Å². The molecule has 0 saturated carbocycles. The maximum absolute atomic E-state index is 13.0. The number of rotatable bonds is 16. The lowest BCUT2D eigenvalue weighted by atomic mass is 9.91. The minimum absolute atomic E-state index is 0.0708. The van der Waals surface area contributed by atoms with Gasteiger partial charge in [-0.25, -0.2) is 9.78 Å². The highest BCUT2D eigenvalue weighted by Crippen LogP contribution is 2.30. The van der Waals surface area contributed by atoms with Gasteiger partial charge in [-0.05, 0) is 66.5 Å². The lowest BCUT2D eigenvalue weighted by molar-refractivity contribution is -0.131. The fraction of sp³-hybridized carbons (Fsp3) is 0.286. The van der Waals surface area contributed by atoms with Crippen LogP contribution in [0.1, 0.15) is 70.7 Å². The van der Waals surface area contributed by atoms with Crippen LogP contribution in [0.25, 0.3) is 16.6 Å². The molecule has 216 valence electrons. The molecule has 0 aliphatic heterocycles. The maximum atomic E-state index is 13.0. The number of aromatic amines is 1. The number of carbonyl (C=O) groups is 2. The first-order valence-corrected chi connectivity index (χ1v) is 14.3. The number of aromatic nitrogens is 2. The molecule has 0 fully saturated rings. The number of aliphatic carboxylic acids is 1. The number of hydrogen-bond acceptors (Lipinski definition) is 3. The van der Waals surface area contributed by atoms with Crippen molar-refractivity contribution in [3.05, 3.63) is 120 Å². The van der Waals surface area contributed by atoms with Crippen LogP contribution in [0.4, 0.5) is 0 Å². The number of fused-ring (bicyclic) bond motifs is 1. The molecule has 41 heavy (non-hydrogen) atoms. The normalized spacial score (nSPS) is 13.9. The zero-order valence-electron chi connectivity index (χ0n) is 24.5. The second-order valence-corrected chi connectivity index (χ2v) is 10.4.